The van der Waals surface area contributed by atoms with Gasteiger partial charge in [0, 0.05) is 22.1 Å². The molecule has 0 amide bonds. The molecule has 0 radical (unpaired) electrons. The lowest BCUT2D eigenvalue weighted by Gasteiger charge is -2.10. The largest absolute Gasteiger partial charge is 0.380 e. The van der Waals surface area contributed by atoms with E-state index in [1.54, 1.807) is 11.3 Å². The third kappa shape index (κ3) is 2.39. The fourth-order valence-corrected chi connectivity index (χ4v) is 2.58. The summed E-state index contributed by atoms with van der Waals surface area (Å²) in [6, 6.07) is 8.09. The number of benzene rings is 1. The highest BCUT2D eigenvalue weighted by molar-refractivity contribution is 7.10. The summed E-state index contributed by atoms with van der Waals surface area (Å²) in [6.45, 7) is 5.04. The van der Waals surface area contributed by atoms with Crippen LogP contribution in [0, 0.1) is 13.8 Å². The Morgan fingerprint density at radius 2 is 2.06 bits per heavy atom. The third-order valence-corrected chi connectivity index (χ3v) is 4.11. The van der Waals surface area contributed by atoms with Gasteiger partial charge in [-0.3, -0.25) is 0 Å². The smallest absolute Gasteiger partial charge is 0.0496 e. The van der Waals surface area contributed by atoms with Crippen molar-refractivity contribution in [2.45, 2.75) is 20.4 Å². The Bertz CT molecular complexity index is 490. The molecule has 0 aliphatic heterocycles. The second-order valence-electron chi connectivity index (χ2n) is 3.79. The third-order valence-electron chi connectivity index (χ3n) is 2.68. The van der Waals surface area contributed by atoms with Crippen molar-refractivity contribution in [1.29, 1.82) is 0 Å². The molecule has 0 bridgehead atoms. The van der Waals surface area contributed by atoms with E-state index < -0.39 is 0 Å². The molecule has 16 heavy (non-hydrogen) atoms. The average molecular weight is 252 g/mol. The molecular weight excluding hydrogens is 238 g/mol. The van der Waals surface area contributed by atoms with Gasteiger partial charge >= 0.3 is 0 Å². The van der Waals surface area contributed by atoms with E-state index in [1.165, 1.54) is 10.4 Å². The maximum Gasteiger partial charge on any atom is 0.0496 e. The first-order chi connectivity index (χ1) is 7.68. The number of hydrogen-bond donors (Lipinski definition) is 1. The summed E-state index contributed by atoms with van der Waals surface area (Å²) in [5.74, 6) is 0. The predicted molar refractivity (Wildman–Crippen MR) is 72.6 cm³/mol. The lowest BCUT2D eigenvalue weighted by atomic mass is 10.2. The van der Waals surface area contributed by atoms with Crippen LogP contribution < -0.4 is 5.32 Å². The molecule has 1 nitrogen and oxygen atoms in total. The van der Waals surface area contributed by atoms with Crippen LogP contribution in [0.2, 0.25) is 5.02 Å². The highest BCUT2D eigenvalue weighted by Crippen LogP contribution is 2.24. The molecule has 3 heteroatoms. The number of nitrogens with one attached hydrogen (secondary N) is 1. The molecule has 1 aromatic carbocycles. The highest BCUT2D eigenvalue weighted by Gasteiger charge is 2.03. The van der Waals surface area contributed by atoms with Crippen LogP contribution in [0.1, 0.15) is 16.0 Å². The molecule has 0 atom stereocenters. The van der Waals surface area contributed by atoms with Crippen molar-refractivity contribution in [3.8, 4) is 0 Å². The molecule has 2 rings (SSSR count). The van der Waals surface area contributed by atoms with Crippen molar-refractivity contribution in [3.63, 3.8) is 0 Å². The van der Waals surface area contributed by atoms with E-state index in [0.29, 0.717) is 0 Å². The molecule has 0 saturated heterocycles. The van der Waals surface area contributed by atoms with Crippen molar-refractivity contribution >= 4 is 28.6 Å². The first-order valence-electron chi connectivity index (χ1n) is 5.20. The van der Waals surface area contributed by atoms with Crippen LogP contribution in [-0.2, 0) is 6.54 Å². The molecule has 0 aliphatic carbocycles. The average Bonchev–Trinajstić information content (AvgIpc) is 2.67. The number of hydrogen-bond acceptors (Lipinski definition) is 2. The zero-order valence-corrected chi connectivity index (χ0v) is 11.0. The van der Waals surface area contributed by atoms with Gasteiger partial charge in [-0.2, -0.15) is 0 Å². The van der Waals surface area contributed by atoms with E-state index in [2.05, 4.69) is 29.8 Å². The standard InChI is InChI=1S/C13H14ClNS/c1-9-6-7-16-13(9)8-15-12-5-3-4-11(14)10(12)2/h3-7,15H,8H2,1-2H3. The van der Waals surface area contributed by atoms with Crippen LogP contribution >= 0.6 is 22.9 Å². The van der Waals surface area contributed by atoms with Gasteiger partial charge in [0.2, 0.25) is 0 Å². The quantitative estimate of drug-likeness (QED) is 0.839. The van der Waals surface area contributed by atoms with Crippen LogP contribution in [0.4, 0.5) is 5.69 Å². The molecule has 0 saturated carbocycles. The van der Waals surface area contributed by atoms with Crippen LogP contribution in [0.15, 0.2) is 29.6 Å². The topological polar surface area (TPSA) is 12.0 Å². The molecule has 0 unspecified atom stereocenters. The van der Waals surface area contributed by atoms with E-state index in [1.807, 2.05) is 19.1 Å². The molecule has 0 aliphatic rings. The number of anilines is 1. The Kier molecular flexibility index (Phi) is 3.52. The molecule has 1 heterocycles. The van der Waals surface area contributed by atoms with Crippen molar-refractivity contribution in [1.82, 2.24) is 0 Å². The van der Waals surface area contributed by atoms with Crippen molar-refractivity contribution in [2.75, 3.05) is 5.32 Å². The van der Waals surface area contributed by atoms with Gasteiger partial charge < -0.3 is 5.32 Å². The number of thiophene rings is 1. The van der Waals surface area contributed by atoms with E-state index in [-0.39, 0.29) is 0 Å². The van der Waals surface area contributed by atoms with E-state index >= 15 is 0 Å². The number of halogens is 1. The molecule has 1 N–H and O–H groups in total. The fraction of sp³-hybridized carbons (Fsp3) is 0.231. The van der Waals surface area contributed by atoms with E-state index in [4.69, 9.17) is 11.6 Å². The number of rotatable bonds is 3. The van der Waals surface area contributed by atoms with Crippen molar-refractivity contribution < 1.29 is 0 Å². The minimum atomic E-state index is 0.813. The first-order valence-corrected chi connectivity index (χ1v) is 6.46. The van der Waals surface area contributed by atoms with Crippen molar-refractivity contribution in [3.05, 3.63) is 50.7 Å². The Labute approximate surface area is 105 Å². The summed E-state index contributed by atoms with van der Waals surface area (Å²) in [7, 11) is 0. The fourth-order valence-electron chi connectivity index (χ4n) is 1.56. The monoisotopic (exact) mass is 251 g/mol. The van der Waals surface area contributed by atoms with Gasteiger partial charge in [-0.25, -0.2) is 0 Å². The van der Waals surface area contributed by atoms with Crippen LogP contribution in [0.5, 0.6) is 0 Å². The van der Waals surface area contributed by atoms with Crippen LogP contribution in [0.3, 0.4) is 0 Å². The zero-order chi connectivity index (χ0) is 11.5. The van der Waals surface area contributed by atoms with Gasteiger partial charge in [-0.05, 0) is 48.6 Å². The molecule has 2 aromatic rings. The second kappa shape index (κ2) is 4.89. The Morgan fingerprint density at radius 1 is 1.25 bits per heavy atom. The summed E-state index contributed by atoms with van der Waals surface area (Å²) >= 11 is 7.85. The Morgan fingerprint density at radius 3 is 2.75 bits per heavy atom. The minimum Gasteiger partial charge on any atom is -0.380 e. The Balaban J connectivity index is 2.11. The summed E-state index contributed by atoms with van der Waals surface area (Å²) in [5, 5.41) is 6.36. The number of aryl methyl sites for hydroxylation is 1. The van der Waals surface area contributed by atoms with Crippen LogP contribution in [0.25, 0.3) is 0 Å². The molecule has 0 fully saturated rings. The molecule has 1 aromatic heterocycles. The van der Waals surface area contributed by atoms with Gasteiger partial charge in [0.25, 0.3) is 0 Å². The zero-order valence-electron chi connectivity index (χ0n) is 9.38. The normalized spacial score (nSPS) is 10.4. The lowest BCUT2D eigenvalue weighted by molar-refractivity contribution is 1.16. The lowest BCUT2D eigenvalue weighted by Crippen LogP contribution is -2.00. The maximum absolute atomic E-state index is 6.07. The second-order valence-corrected chi connectivity index (χ2v) is 5.20. The van der Waals surface area contributed by atoms with Gasteiger partial charge in [0.1, 0.15) is 0 Å². The van der Waals surface area contributed by atoms with E-state index in [9.17, 15) is 0 Å². The van der Waals surface area contributed by atoms with Gasteiger partial charge in [0.15, 0.2) is 0 Å². The van der Waals surface area contributed by atoms with Gasteiger partial charge in [-0.1, -0.05) is 17.7 Å². The highest BCUT2D eigenvalue weighted by atomic mass is 35.5. The first kappa shape index (κ1) is 11.5. The Hall–Kier alpha value is -0.990. The molecule has 0 spiro atoms. The van der Waals surface area contributed by atoms with Gasteiger partial charge in [-0.15, -0.1) is 11.3 Å². The summed E-state index contributed by atoms with van der Waals surface area (Å²) in [5.41, 5.74) is 3.57. The predicted octanol–water partition coefficient (Wildman–Crippen LogP) is 4.63. The minimum absolute atomic E-state index is 0.813. The summed E-state index contributed by atoms with van der Waals surface area (Å²) < 4.78 is 0. The molecular formula is C13H14ClNS. The van der Waals surface area contributed by atoms with E-state index in [0.717, 1.165) is 22.8 Å². The summed E-state index contributed by atoms with van der Waals surface area (Å²) in [4.78, 5) is 1.37. The van der Waals surface area contributed by atoms with Crippen LogP contribution in [-0.4, -0.2) is 0 Å². The SMILES string of the molecule is Cc1ccsc1CNc1cccc(Cl)c1C. The van der Waals surface area contributed by atoms with Crippen molar-refractivity contribution in [2.24, 2.45) is 0 Å². The molecule has 84 valence electrons. The summed E-state index contributed by atoms with van der Waals surface area (Å²) in [6.07, 6.45) is 0. The maximum atomic E-state index is 6.07. The van der Waals surface area contributed by atoms with Gasteiger partial charge in [0.05, 0.1) is 0 Å².